The predicted octanol–water partition coefficient (Wildman–Crippen LogP) is 2.68. The second-order valence-corrected chi connectivity index (χ2v) is 9.06. The minimum atomic E-state index is -3.81. The van der Waals surface area contributed by atoms with Crippen LogP contribution in [0.5, 0.6) is 0 Å². The summed E-state index contributed by atoms with van der Waals surface area (Å²) in [5.41, 5.74) is -1.37. The first kappa shape index (κ1) is 16.5. The molecule has 0 saturated heterocycles. The summed E-state index contributed by atoms with van der Waals surface area (Å²) in [4.78, 5) is 13.4. The number of thiophene rings is 1. The van der Waals surface area contributed by atoms with E-state index in [0.29, 0.717) is 23.6 Å². The molecule has 1 aromatic heterocycles. The molecule has 2 rings (SSSR count). The minimum Gasteiger partial charge on any atom is -0.480 e. The van der Waals surface area contributed by atoms with Crippen molar-refractivity contribution in [3.8, 4) is 0 Å². The van der Waals surface area contributed by atoms with Crippen molar-refractivity contribution in [1.82, 2.24) is 4.72 Å². The van der Waals surface area contributed by atoms with Crippen molar-refractivity contribution in [3.63, 3.8) is 0 Å². The van der Waals surface area contributed by atoms with Gasteiger partial charge in [-0.05, 0) is 51.5 Å². The molecule has 1 aliphatic carbocycles. The molecule has 7 heteroatoms. The van der Waals surface area contributed by atoms with Gasteiger partial charge in [0.2, 0.25) is 10.0 Å². The average molecular weight is 331 g/mol. The van der Waals surface area contributed by atoms with E-state index in [1.54, 1.807) is 13.0 Å². The van der Waals surface area contributed by atoms with Crippen LogP contribution in [0.1, 0.15) is 42.4 Å². The molecule has 1 aromatic rings. The number of carboxylic acid groups (broad SMARTS) is 1. The molecule has 1 saturated carbocycles. The Bertz CT molecular complexity index is 640. The molecular formula is C14H21NO4S2. The average Bonchev–Trinajstić information content (AvgIpc) is 2.72. The summed E-state index contributed by atoms with van der Waals surface area (Å²) in [6, 6.07) is 1.60. The van der Waals surface area contributed by atoms with Gasteiger partial charge >= 0.3 is 5.97 Å². The molecule has 21 heavy (non-hydrogen) atoms. The van der Waals surface area contributed by atoms with Gasteiger partial charge in [-0.15, -0.1) is 11.3 Å². The molecule has 1 fully saturated rings. The van der Waals surface area contributed by atoms with Crippen molar-refractivity contribution in [3.05, 3.63) is 15.8 Å². The van der Waals surface area contributed by atoms with Crippen molar-refractivity contribution in [1.29, 1.82) is 0 Å². The fourth-order valence-corrected chi connectivity index (χ4v) is 5.78. The molecule has 0 radical (unpaired) electrons. The van der Waals surface area contributed by atoms with Gasteiger partial charge in [0.25, 0.3) is 0 Å². The van der Waals surface area contributed by atoms with Crippen LogP contribution in [0, 0.1) is 19.8 Å². The summed E-state index contributed by atoms with van der Waals surface area (Å²) in [5.74, 6) is -0.644. The molecule has 1 heterocycles. The Hall–Kier alpha value is -0.920. The van der Waals surface area contributed by atoms with Gasteiger partial charge in [-0.1, -0.05) is 6.92 Å². The predicted molar refractivity (Wildman–Crippen MR) is 82.1 cm³/mol. The highest BCUT2D eigenvalue weighted by Gasteiger charge is 2.44. The number of carbonyl (C=O) groups is 1. The first-order valence-corrected chi connectivity index (χ1v) is 9.31. The highest BCUT2D eigenvalue weighted by molar-refractivity contribution is 7.89. The molecule has 0 unspecified atom stereocenters. The van der Waals surface area contributed by atoms with Crippen molar-refractivity contribution >= 4 is 27.3 Å². The second kappa shape index (κ2) is 5.70. The monoisotopic (exact) mass is 331 g/mol. The van der Waals surface area contributed by atoms with E-state index < -0.39 is 21.5 Å². The van der Waals surface area contributed by atoms with E-state index in [2.05, 4.69) is 11.6 Å². The fourth-order valence-electron chi connectivity index (χ4n) is 2.80. The van der Waals surface area contributed by atoms with Gasteiger partial charge in [0.05, 0.1) is 4.90 Å². The first-order valence-electron chi connectivity index (χ1n) is 7.01. The van der Waals surface area contributed by atoms with Crippen molar-refractivity contribution < 1.29 is 18.3 Å². The van der Waals surface area contributed by atoms with E-state index in [1.807, 2.05) is 6.92 Å². The summed E-state index contributed by atoms with van der Waals surface area (Å²) in [6.45, 7) is 5.64. The summed E-state index contributed by atoms with van der Waals surface area (Å²) >= 11 is 1.40. The quantitative estimate of drug-likeness (QED) is 0.888. The molecule has 118 valence electrons. The Morgan fingerprint density at radius 1 is 1.38 bits per heavy atom. The number of carboxylic acids is 1. The molecule has 0 spiro atoms. The van der Waals surface area contributed by atoms with Crippen molar-refractivity contribution in [2.75, 3.05) is 0 Å². The molecule has 0 aliphatic heterocycles. The summed E-state index contributed by atoms with van der Waals surface area (Å²) < 4.78 is 27.6. The fraction of sp³-hybridized carbons (Fsp3) is 0.643. The van der Waals surface area contributed by atoms with Gasteiger partial charge in [-0.2, -0.15) is 4.72 Å². The number of hydrogen-bond acceptors (Lipinski definition) is 4. The largest absolute Gasteiger partial charge is 0.480 e. The minimum absolute atomic E-state index is 0.198. The summed E-state index contributed by atoms with van der Waals surface area (Å²) in [6.07, 6.45) is 2.11. The third-order valence-electron chi connectivity index (χ3n) is 4.15. The Balaban J connectivity index is 2.33. The lowest BCUT2D eigenvalue weighted by atomic mass is 9.78. The third kappa shape index (κ3) is 3.30. The molecule has 0 atom stereocenters. The number of nitrogens with one attached hydrogen (secondary N) is 1. The Labute approximate surface area is 129 Å². The van der Waals surface area contributed by atoms with Crippen LogP contribution in [0.3, 0.4) is 0 Å². The number of sulfonamides is 1. The molecular weight excluding hydrogens is 310 g/mol. The maximum absolute atomic E-state index is 12.6. The van der Waals surface area contributed by atoms with Gasteiger partial charge in [0.15, 0.2) is 0 Å². The zero-order chi connectivity index (χ0) is 15.8. The second-order valence-electron chi connectivity index (χ2n) is 5.95. The number of aliphatic carboxylic acids is 1. The van der Waals surface area contributed by atoms with Crippen LogP contribution in [-0.4, -0.2) is 25.0 Å². The molecule has 2 N–H and O–H groups in total. The lowest BCUT2D eigenvalue weighted by molar-refractivity contribution is -0.145. The van der Waals surface area contributed by atoms with E-state index in [9.17, 15) is 18.3 Å². The summed E-state index contributed by atoms with van der Waals surface area (Å²) in [7, 11) is -3.81. The lowest BCUT2D eigenvalue weighted by Crippen LogP contribution is -2.56. The maximum atomic E-state index is 12.6. The van der Waals surface area contributed by atoms with Gasteiger partial charge in [-0.3, -0.25) is 4.79 Å². The number of aryl methyl sites for hydroxylation is 2. The van der Waals surface area contributed by atoms with Crippen LogP contribution >= 0.6 is 11.3 Å². The van der Waals surface area contributed by atoms with Crippen LogP contribution in [-0.2, 0) is 14.8 Å². The maximum Gasteiger partial charge on any atom is 0.324 e. The Morgan fingerprint density at radius 3 is 2.38 bits per heavy atom. The van der Waals surface area contributed by atoms with Crippen LogP contribution in [0.25, 0.3) is 0 Å². The van der Waals surface area contributed by atoms with Gasteiger partial charge in [0, 0.05) is 9.75 Å². The van der Waals surface area contributed by atoms with Gasteiger partial charge in [0.1, 0.15) is 5.54 Å². The highest BCUT2D eigenvalue weighted by Crippen LogP contribution is 2.34. The smallest absolute Gasteiger partial charge is 0.324 e. The lowest BCUT2D eigenvalue weighted by Gasteiger charge is -2.36. The third-order valence-corrected chi connectivity index (χ3v) is 6.91. The number of rotatable bonds is 4. The number of hydrogen-bond donors (Lipinski definition) is 2. The van der Waals surface area contributed by atoms with Crippen LogP contribution in [0.4, 0.5) is 0 Å². The normalized spacial score (nSPS) is 26.7. The molecule has 0 aromatic carbocycles. The molecule has 5 nitrogen and oxygen atoms in total. The standard InChI is InChI=1S/C14H21NO4S2/c1-9-4-6-14(7-5-9,13(16)17)15-21(18,19)12-8-10(2)20-11(12)3/h8-9,15H,4-7H2,1-3H3,(H,16,17). The first-order chi connectivity index (χ1) is 9.66. The van der Waals surface area contributed by atoms with Crippen LogP contribution in [0.15, 0.2) is 11.0 Å². The summed E-state index contributed by atoms with van der Waals surface area (Å²) in [5, 5.41) is 9.54. The van der Waals surface area contributed by atoms with E-state index in [-0.39, 0.29) is 4.90 Å². The highest BCUT2D eigenvalue weighted by atomic mass is 32.2. The van der Waals surface area contributed by atoms with E-state index in [4.69, 9.17) is 0 Å². The van der Waals surface area contributed by atoms with Gasteiger partial charge < -0.3 is 5.11 Å². The zero-order valence-corrected chi connectivity index (χ0v) is 14.1. The Kier molecular flexibility index (Phi) is 4.46. The van der Waals surface area contributed by atoms with Crippen LogP contribution < -0.4 is 4.72 Å². The van der Waals surface area contributed by atoms with Crippen molar-refractivity contribution in [2.45, 2.75) is 56.9 Å². The van der Waals surface area contributed by atoms with Crippen molar-refractivity contribution in [2.24, 2.45) is 5.92 Å². The SMILES string of the molecule is Cc1cc(S(=O)(=O)NC2(C(=O)O)CCC(C)CC2)c(C)s1. The zero-order valence-electron chi connectivity index (χ0n) is 12.5. The van der Waals surface area contributed by atoms with Gasteiger partial charge in [-0.25, -0.2) is 8.42 Å². The molecule has 0 bridgehead atoms. The Morgan fingerprint density at radius 2 is 1.95 bits per heavy atom. The van der Waals surface area contributed by atoms with E-state index in [1.165, 1.54) is 11.3 Å². The topological polar surface area (TPSA) is 83.5 Å². The van der Waals surface area contributed by atoms with Crippen LogP contribution in [0.2, 0.25) is 0 Å². The van der Waals surface area contributed by atoms with E-state index in [0.717, 1.165) is 17.7 Å². The molecule has 0 amide bonds. The van der Waals surface area contributed by atoms with E-state index >= 15 is 0 Å². The molecule has 1 aliphatic rings.